The lowest BCUT2D eigenvalue weighted by molar-refractivity contribution is 0.997. The predicted octanol–water partition coefficient (Wildman–Crippen LogP) is 4.72. The molecule has 0 saturated heterocycles. The molecule has 0 fully saturated rings. The van der Waals surface area contributed by atoms with Crippen molar-refractivity contribution in [3.63, 3.8) is 0 Å². The van der Waals surface area contributed by atoms with Crippen molar-refractivity contribution in [2.45, 2.75) is 26.7 Å². The monoisotopic (exact) mass is 319 g/mol. The predicted molar refractivity (Wildman–Crippen MR) is 104 cm³/mol. The summed E-state index contributed by atoms with van der Waals surface area (Å²) in [7, 11) is 1.99. The van der Waals surface area contributed by atoms with Crippen LogP contribution in [0.3, 0.4) is 0 Å². The van der Waals surface area contributed by atoms with E-state index in [1.54, 1.807) is 0 Å². The minimum Gasteiger partial charge on any atom is -0.315 e. The molecule has 3 heteroatoms. The number of anilines is 2. The van der Waals surface area contributed by atoms with E-state index in [0.29, 0.717) is 5.96 Å². The lowest BCUT2D eigenvalue weighted by atomic mass is 10.1. The van der Waals surface area contributed by atoms with Crippen molar-refractivity contribution >= 4 is 23.4 Å². The van der Waals surface area contributed by atoms with Crippen molar-refractivity contribution in [1.82, 2.24) is 0 Å². The molecule has 2 aromatic carbocycles. The summed E-state index contributed by atoms with van der Waals surface area (Å²) in [5, 5.41) is 8.75. The van der Waals surface area contributed by atoms with E-state index in [4.69, 9.17) is 5.41 Å². The van der Waals surface area contributed by atoms with Gasteiger partial charge in [0.25, 0.3) is 0 Å². The van der Waals surface area contributed by atoms with Gasteiger partial charge in [0.15, 0.2) is 0 Å². The molecule has 3 rings (SSSR count). The Labute approximate surface area is 144 Å². The third-order valence-corrected chi connectivity index (χ3v) is 4.69. The van der Waals surface area contributed by atoms with Gasteiger partial charge in [-0.1, -0.05) is 43.3 Å². The molecule has 2 aromatic rings. The van der Waals surface area contributed by atoms with Gasteiger partial charge >= 0.3 is 0 Å². The Morgan fingerprint density at radius 3 is 2.67 bits per heavy atom. The van der Waals surface area contributed by atoms with Crippen LogP contribution in [0.25, 0.3) is 6.08 Å². The van der Waals surface area contributed by atoms with E-state index in [9.17, 15) is 0 Å². The van der Waals surface area contributed by atoms with Gasteiger partial charge in [-0.25, -0.2) is 0 Å². The second kappa shape index (κ2) is 6.91. The maximum absolute atomic E-state index is 8.75. The Balaban J connectivity index is 1.90. The van der Waals surface area contributed by atoms with E-state index in [1.807, 2.05) is 11.9 Å². The van der Waals surface area contributed by atoms with Crippen LogP contribution < -0.4 is 9.80 Å². The summed E-state index contributed by atoms with van der Waals surface area (Å²) in [6, 6.07) is 14.8. The number of hydrogen-bond acceptors (Lipinski definition) is 1. The molecule has 0 unspecified atom stereocenters. The second-order valence-electron chi connectivity index (χ2n) is 6.10. The van der Waals surface area contributed by atoms with Crippen molar-refractivity contribution in [1.29, 1.82) is 5.41 Å². The molecule has 0 radical (unpaired) electrons. The first kappa shape index (κ1) is 16.3. The zero-order valence-corrected chi connectivity index (χ0v) is 14.7. The van der Waals surface area contributed by atoms with E-state index in [1.165, 1.54) is 16.7 Å². The Morgan fingerprint density at radius 1 is 1.12 bits per heavy atom. The van der Waals surface area contributed by atoms with Crippen LogP contribution in [0.1, 0.15) is 30.5 Å². The van der Waals surface area contributed by atoms with Crippen LogP contribution in [-0.4, -0.2) is 19.6 Å². The molecule has 0 heterocycles. The summed E-state index contributed by atoms with van der Waals surface area (Å²) >= 11 is 0. The zero-order valence-electron chi connectivity index (χ0n) is 14.7. The van der Waals surface area contributed by atoms with Gasteiger partial charge in [-0.2, -0.15) is 0 Å². The number of benzene rings is 2. The van der Waals surface area contributed by atoms with Gasteiger partial charge in [0, 0.05) is 25.0 Å². The lowest BCUT2D eigenvalue weighted by Gasteiger charge is -2.31. The molecule has 24 heavy (non-hydrogen) atoms. The fraction of sp³-hybridized carbons (Fsp3) is 0.286. The summed E-state index contributed by atoms with van der Waals surface area (Å²) in [6.45, 7) is 5.02. The molecule has 0 bridgehead atoms. The van der Waals surface area contributed by atoms with E-state index in [2.05, 4.69) is 73.4 Å². The second-order valence-corrected chi connectivity index (χ2v) is 6.10. The van der Waals surface area contributed by atoms with E-state index in [-0.39, 0.29) is 0 Å². The number of allylic oxidation sites excluding steroid dienone is 1. The highest BCUT2D eigenvalue weighted by Crippen LogP contribution is 2.30. The van der Waals surface area contributed by atoms with Crippen molar-refractivity contribution in [3.05, 3.63) is 65.2 Å². The Morgan fingerprint density at radius 2 is 1.92 bits per heavy atom. The molecule has 0 saturated carbocycles. The number of fused-ring (bicyclic) bond motifs is 1. The Bertz CT molecular complexity index is 776. The van der Waals surface area contributed by atoms with Gasteiger partial charge < -0.3 is 9.80 Å². The third kappa shape index (κ3) is 2.94. The van der Waals surface area contributed by atoms with Crippen molar-refractivity contribution < 1.29 is 0 Å². The maximum Gasteiger partial charge on any atom is 0.202 e. The smallest absolute Gasteiger partial charge is 0.202 e. The maximum atomic E-state index is 8.75. The zero-order chi connectivity index (χ0) is 17.1. The van der Waals surface area contributed by atoms with Gasteiger partial charge in [0.2, 0.25) is 5.96 Å². The first-order valence-electron chi connectivity index (χ1n) is 8.62. The summed E-state index contributed by atoms with van der Waals surface area (Å²) in [4.78, 5) is 4.05. The first-order valence-corrected chi connectivity index (χ1v) is 8.62. The van der Waals surface area contributed by atoms with Crippen molar-refractivity contribution in [2.24, 2.45) is 0 Å². The normalized spacial score (nSPS) is 12.1. The molecular formula is C21H25N3. The highest BCUT2D eigenvalue weighted by atomic mass is 15.3. The minimum atomic E-state index is 0.506. The van der Waals surface area contributed by atoms with Gasteiger partial charge in [-0.3, -0.25) is 5.41 Å². The molecule has 0 amide bonds. The van der Waals surface area contributed by atoms with Crippen LogP contribution in [0.15, 0.2) is 48.5 Å². The molecule has 124 valence electrons. The third-order valence-electron chi connectivity index (χ3n) is 4.69. The highest BCUT2D eigenvalue weighted by molar-refractivity contribution is 6.05. The highest BCUT2D eigenvalue weighted by Gasteiger charge is 2.20. The average molecular weight is 319 g/mol. The van der Waals surface area contributed by atoms with E-state index in [0.717, 1.165) is 30.8 Å². The van der Waals surface area contributed by atoms with E-state index >= 15 is 0 Å². The number of rotatable bonds is 4. The Hall–Kier alpha value is -2.55. The first-order chi connectivity index (χ1) is 11.7. The van der Waals surface area contributed by atoms with Gasteiger partial charge in [0.05, 0.1) is 0 Å². The average Bonchev–Trinajstić information content (AvgIpc) is 3.10. The van der Waals surface area contributed by atoms with Crippen LogP contribution >= 0.6 is 0 Å². The molecular weight excluding hydrogens is 294 g/mol. The summed E-state index contributed by atoms with van der Waals surface area (Å²) < 4.78 is 0. The molecule has 1 N–H and O–H groups in total. The standard InChI is InChI=1S/C21H25N3/c1-4-16-9-6-12-18(15-16)24(5-2)21(22)23(3)20-14-8-11-17-10-7-13-19(17)20/h6-12,14-15,22H,4-5,13H2,1-3H3. The molecule has 0 aromatic heterocycles. The topological polar surface area (TPSA) is 30.3 Å². The summed E-state index contributed by atoms with van der Waals surface area (Å²) in [5.74, 6) is 0.506. The molecule has 0 spiro atoms. The summed E-state index contributed by atoms with van der Waals surface area (Å²) in [6.07, 6.45) is 6.31. The largest absolute Gasteiger partial charge is 0.315 e. The van der Waals surface area contributed by atoms with Gasteiger partial charge in [0.1, 0.15) is 0 Å². The fourth-order valence-electron chi connectivity index (χ4n) is 3.28. The minimum absolute atomic E-state index is 0.506. The molecule has 1 aliphatic rings. The quantitative estimate of drug-likeness (QED) is 0.653. The fourth-order valence-corrected chi connectivity index (χ4v) is 3.28. The number of nitrogens with zero attached hydrogens (tertiary/aromatic N) is 2. The summed E-state index contributed by atoms with van der Waals surface area (Å²) in [5.41, 5.74) is 6.07. The number of aryl methyl sites for hydroxylation is 1. The van der Waals surface area contributed by atoms with Crippen LogP contribution in [0, 0.1) is 5.41 Å². The van der Waals surface area contributed by atoms with Crippen LogP contribution in [0.4, 0.5) is 11.4 Å². The van der Waals surface area contributed by atoms with Crippen LogP contribution in [0.2, 0.25) is 0 Å². The molecule has 3 nitrogen and oxygen atoms in total. The van der Waals surface area contributed by atoms with Crippen molar-refractivity contribution in [3.8, 4) is 0 Å². The molecule has 0 atom stereocenters. The van der Waals surface area contributed by atoms with Gasteiger partial charge in [-0.05, 0) is 54.7 Å². The van der Waals surface area contributed by atoms with Crippen LogP contribution in [-0.2, 0) is 12.8 Å². The SMILES string of the molecule is CCc1cccc(N(CC)C(=N)N(C)c2cccc3c2CC=C3)c1. The molecule has 1 aliphatic carbocycles. The van der Waals surface area contributed by atoms with Crippen molar-refractivity contribution in [2.75, 3.05) is 23.4 Å². The number of hydrogen-bond donors (Lipinski definition) is 1. The lowest BCUT2D eigenvalue weighted by Crippen LogP contribution is -2.42. The number of guanidine groups is 1. The van der Waals surface area contributed by atoms with E-state index < -0.39 is 0 Å². The Kier molecular flexibility index (Phi) is 4.70. The van der Waals surface area contributed by atoms with Crippen LogP contribution in [0.5, 0.6) is 0 Å². The number of nitrogens with one attached hydrogen (secondary N) is 1. The van der Waals surface area contributed by atoms with Gasteiger partial charge in [-0.15, -0.1) is 0 Å². The molecule has 0 aliphatic heterocycles.